The SMILES string of the molecule is O=C(Oc1ccc2c(c1)CCC2)c1cc(C2=CN=C([C@@H]3CCc4nc(-c5cc(Cl)ccc5-n5cnnn5)cc(=O)n43)C2)cs1. The zero-order valence-corrected chi connectivity index (χ0v) is 24.9. The minimum absolute atomic E-state index is 0.154. The average Bonchev–Trinajstić information content (AvgIpc) is 3.86. The highest BCUT2D eigenvalue weighted by molar-refractivity contribution is 7.12. The number of halogens is 1. The molecular weight excluding hydrogens is 598 g/mol. The molecule has 8 rings (SSSR count). The summed E-state index contributed by atoms with van der Waals surface area (Å²) in [5.74, 6) is 0.920. The Kier molecular flexibility index (Phi) is 6.57. The number of nitrogens with zero attached hydrogens (tertiary/aromatic N) is 7. The van der Waals surface area contributed by atoms with E-state index < -0.39 is 0 Å². The largest absolute Gasteiger partial charge is 0.422 e. The van der Waals surface area contributed by atoms with Crippen molar-refractivity contribution >= 4 is 40.2 Å². The van der Waals surface area contributed by atoms with Crippen molar-refractivity contribution in [1.82, 2.24) is 29.8 Å². The fourth-order valence-corrected chi connectivity index (χ4v) is 7.27. The molecule has 0 saturated carbocycles. The molecule has 12 heteroatoms. The second kappa shape index (κ2) is 10.8. The van der Waals surface area contributed by atoms with E-state index in [1.807, 2.05) is 29.8 Å². The number of rotatable bonds is 6. The standard InChI is InChI=1S/C32H24ClN7O3S/c33-22-5-7-27(39-17-35-37-38-39)24(13-22)25-14-31(41)40-28(8-9-30(40)36-25)26-11-20(15-34-26)21-12-29(44-16-21)32(42)43-23-6-4-18-2-1-3-19(18)10-23/h4-7,10,12-17,28H,1-3,8-9,11H2/t28-/m0/s1. The second-order valence-electron chi connectivity index (χ2n) is 11.1. The van der Waals surface area contributed by atoms with Crippen LogP contribution in [0.1, 0.15) is 57.5 Å². The molecule has 1 aliphatic carbocycles. The van der Waals surface area contributed by atoms with Gasteiger partial charge in [0.25, 0.3) is 5.56 Å². The fourth-order valence-electron chi connectivity index (χ4n) is 6.29. The first kappa shape index (κ1) is 26.9. The summed E-state index contributed by atoms with van der Waals surface area (Å²) in [5.41, 5.74) is 7.14. The average molecular weight is 622 g/mol. The molecule has 0 unspecified atom stereocenters. The van der Waals surface area contributed by atoms with Crippen LogP contribution in [0.15, 0.2) is 76.2 Å². The van der Waals surface area contributed by atoms with E-state index in [4.69, 9.17) is 26.3 Å². The lowest BCUT2D eigenvalue weighted by Crippen LogP contribution is -2.28. The number of thiophene rings is 1. The van der Waals surface area contributed by atoms with E-state index in [0.29, 0.717) is 51.3 Å². The maximum atomic E-state index is 13.5. The van der Waals surface area contributed by atoms with Crippen LogP contribution in [0.25, 0.3) is 22.5 Å². The van der Waals surface area contributed by atoms with Crippen LogP contribution in [0.2, 0.25) is 5.02 Å². The van der Waals surface area contributed by atoms with Crippen LogP contribution in [0.4, 0.5) is 0 Å². The summed E-state index contributed by atoms with van der Waals surface area (Å²) in [4.78, 5) is 36.6. The maximum Gasteiger partial charge on any atom is 0.353 e. The molecule has 3 aliphatic rings. The molecule has 0 N–H and O–H groups in total. The number of tetrazole rings is 1. The van der Waals surface area contributed by atoms with Crippen molar-refractivity contribution in [2.45, 2.75) is 44.6 Å². The van der Waals surface area contributed by atoms with Crippen molar-refractivity contribution in [2.75, 3.05) is 0 Å². The first-order valence-electron chi connectivity index (χ1n) is 14.3. The van der Waals surface area contributed by atoms with Crippen molar-refractivity contribution in [3.8, 4) is 22.7 Å². The number of ether oxygens (including phenoxy) is 1. The Morgan fingerprint density at radius 2 is 1.95 bits per heavy atom. The first-order chi connectivity index (χ1) is 21.5. The Bertz CT molecular complexity index is 2080. The molecule has 0 radical (unpaired) electrons. The molecule has 5 aromatic rings. The molecular formula is C32H24ClN7O3S. The van der Waals surface area contributed by atoms with E-state index in [-0.39, 0.29) is 17.6 Å². The third-order valence-corrected chi connectivity index (χ3v) is 9.55. The van der Waals surface area contributed by atoms with E-state index in [1.165, 1.54) is 39.5 Å². The highest BCUT2D eigenvalue weighted by Crippen LogP contribution is 2.36. The zero-order chi connectivity index (χ0) is 29.8. The molecule has 2 aliphatic heterocycles. The highest BCUT2D eigenvalue weighted by Gasteiger charge is 2.31. The number of aryl methyl sites for hydroxylation is 3. The summed E-state index contributed by atoms with van der Waals surface area (Å²) in [5, 5.41) is 13.9. The van der Waals surface area contributed by atoms with Gasteiger partial charge in [-0.15, -0.1) is 16.4 Å². The van der Waals surface area contributed by atoms with Crippen LogP contribution in [0, 0.1) is 0 Å². The first-order valence-corrected chi connectivity index (χ1v) is 15.6. The summed E-state index contributed by atoms with van der Waals surface area (Å²) in [6, 6.07) is 14.4. The van der Waals surface area contributed by atoms with Gasteiger partial charge in [-0.2, -0.15) is 4.68 Å². The lowest BCUT2D eigenvalue weighted by molar-refractivity contribution is 0.0739. The third-order valence-electron chi connectivity index (χ3n) is 8.40. The smallest absolute Gasteiger partial charge is 0.353 e. The molecule has 0 fully saturated rings. The van der Waals surface area contributed by atoms with Crippen LogP contribution in [-0.2, 0) is 19.3 Å². The van der Waals surface area contributed by atoms with E-state index in [2.05, 4.69) is 21.6 Å². The Morgan fingerprint density at radius 3 is 2.84 bits per heavy atom. The quantitative estimate of drug-likeness (QED) is 0.177. The third kappa shape index (κ3) is 4.78. The molecule has 0 amide bonds. The second-order valence-corrected chi connectivity index (χ2v) is 12.4. The number of aromatic nitrogens is 6. The number of aliphatic imine (C=N–C) groups is 1. The Hall–Kier alpha value is -4.74. The van der Waals surface area contributed by atoms with E-state index in [1.54, 1.807) is 22.8 Å². The molecule has 2 aromatic carbocycles. The van der Waals surface area contributed by atoms with Crippen molar-refractivity contribution in [3.63, 3.8) is 0 Å². The zero-order valence-electron chi connectivity index (χ0n) is 23.3. The predicted molar refractivity (Wildman–Crippen MR) is 167 cm³/mol. The van der Waals surface area contributed by atoms with Crippen molar-refractivity contribution in [1.29, 1.82) is 0 Å². The number of fused-ring (bicyclic) bond motifs is 2. The van der Waals surface area contributed by atoms with Gasteiger partial charge >= 0.3 is 5.97 Å². The number of esters is 1. The summed E-state index contributed by atoms with van der Waals surface area (Å²) < 4.78 is 8.95. The number of carbonyl (C=O) groups is 1. The molecule has 0 bridgehead atoms. The van der Waals surface area contributed by atoms with Gasteiger partial charge in [-0.3, -0.25) is 14.4 Å². The highest BCUT2D eigenvalue weighted by atomic mass is 35.5. The monoisotopic (exact) mass is 621 g/mol. The van der Waals surface area contributed by atoms with Crippen LogP contribution >= 0.6 is 22.9 Å². The molecule has 10 nitrogen and oxygen atoms in total. The van der Waals surface area contributed by atoms with Gasteiger partial charge in [0.15, 0.2) is 0 Å². The van der Waals surface area contributed by atoms with Gasteiger partial charge < -0.3 is 4.74 Å². The number of benzene rings is 2. The molecule has 218 valence electrons. The molecule has 3 aromatic heterocycles. The summed E-state index contributed by atoms with van der Waals surface area (Å²) in [7, 11) is 0. The number of hydrogen-bond acceptors (Lipinski definition) is 9. The molecule has 44 heavy (non-hydrogen) atoms. The minimum Gasteiger partial charge on any atom is -0.422 e. The molecule has 0 spiro atoms. The van der Waals surface area contributed by atoms with Crippen molar-refractivity contribution < 1.29 is 9.53 Å². The van der Waals surface area contributed by atoms with Crippen molar-refractivity contribution in [2.24, 2.45) is 4.99 Å². The van der Waals surface area contributed by atoms with Gasteiger partial charge in [0, 0.05) is 41.4 Å². The van der Waals surface area contributed by atoms with Crippen LogP contribution in [0.3, 0.4) is 0 Å². The van der Waals surface area contributed by atoms with Gasteiger partial charge in [0.1, 0.15) is 22.8 Å². The number of allylic oxidation sites excluding steroid dienone is 1. The molecule has 0 saturated heterocycles. The predicted octanol–water partition coefficient (Wildman–Crippen LogP) is 5.68. The van der Waals surface area contributed by atoms with Crippen LogP contribution < -0.4 is 10.3 Å². The van der Waals surface area contributed by atoms with Gasteiger partial charge in [0.2, 0.25) is 0 Å². The molecule has 1 atom stereocenters. The minimum atomic E-state index is -0.361. The summed E-state index contributed by atoms with van der Waals surface area (Å²) in [6.45, 7) is 0. The van der Waals surface area contributed by atoms with Gasteiger partial charge in [-0.05, 0) is 100 Å². The number of hydrogen-bond donors (Lipinski definition) is 0. The molecule has 5 heterocycles. The Labute approximate surface area is 260 Å². The normalized spacial score (nSPS) is 16.9. The maximum absolute atomic E-state index is 13.5. The summed E-state index contributed by atoms with van der Waals surface area (Å²) >= 11 is 7.67. The Morgan fingerprint density at radius 1 is 1.05 bits per heavy atom. The van der Waals surface area contributed by atoms with E-state index >= 15 is 0 Å². The lowest BCUT2D eigenvalue weighted by Gasteiger charge is -2.16. The van der Waals surface area contributed by atoms with Crippen LogP contribution in [-0.4, -0.2) is 41.4 Å². The fraction of sp³-hybridized carbons (Fsp3) is 0.219. The van der Waals surface area contributed by atoms with Gasteiger partial charge in [-0.25, -0.2) is 9.78 Å². The van der Waals surface area contributed by atoms with Gasteiger partial charge in [-0.1, -0.05) is 17.7 Å². The number of carbonyl (C=O) groups excluding carboxylic acids is 1. The van der Waals surface area contributed by atoms with Gasteiger partial charge in [0.05, 0.1) is 17.4 Å². The van der Waals surface area contributed by atoms with E-state index in [0.717, 1.165) is 42.5 Å². The van der Waals surface area contributed by atoms with E-state index in [9.17, 15) is 9.59 Å². The summed E-state index contributed by atoms with van der Waals surface area (Å²) in [6.07, 6.45) is 8.53. The van der Waals surface area contributed by atoms with Crippen molar-refractivity contribution in [3.05, 3.63) is 109 Å². The lowest BCUT2D eigenvalue weighted by atomic mass is 10.0. The topological polar surface area (TPSA) is 117 Å². The van der Waals surface area contributed by atoms with Crippen LogP contribution in [0.5, 0.6) is 5.75 Å². The Balaban J connectivity index is 0.989.